The van der Waals surface area contributed by atoms with Crippen LogP contribution < -0.4 is 16.5 Å². The first-order valence-electron chi connectivity index (χ1n) is 11.0. The maximum Gasteiger partial charge on any atom is 0.413 e. The molecule has 3 aliphatic heterocycles. The van der Waals surface area contributed by atoms with Gasteiger partial charge < -0.3 is 21.0 Å². The van der Waals surface area contributed by atoms with Crippen molar-refractivity contribution in [1.29, 1.82) is 0 Å². The van der Waals surface area contributed by atoms with E-state index in [9.17, 15) is 13.2 Å². The van der Waals surface area contributed by atoms with Gasteiger partial charge in [-0.3, -0.25) is 9.80 Å². The van der Waals surface area contributed by atoms with Crippen LogP contribution >= 0.6 is 11.8 Å². The molecular weight excluding hydrogens is 439 g/mol. The van der Waals surface area contributed by atoms with Gasteiger partial charge in [0.15, 0.2) is 6.04 Å². The number of allylic oxidation sites excluding steroid dienone is 2. The first-order chi connectivity index (χ1) is 14.9. The van der Waals surface area contributed by atoms with Crippen molar-refractivity contribution in [2.75, 3.05) is 33.7 Å². The molecular formula is C21H36F3N7S. The number of piperidine rings is 1. The number of likely N-dealkylation sites (tertiary alicyclic amines) is 1. The van der Waals surface area contributed by atoms with Crippen LogP contribution in [-0.2, 0) is 0 Å². The first-order valence-corrected chi connectivity index (χ1v) is 11.8. The van der Waals surface area contributed by atoms with Gasteiger partial charge in [-0.1, -0.05) is 18.7 Å². The summed E-state index contributed by atoms with van der Waals surface area (Å²) in [5.74, 6) is 0. The minimum atomic E-state index is -4.36. The normalized spacial score (nSPS) is 32.0. The van der Waals surface area contributed by atoms with Gasteiger partial charge in [-0.25, -0.2) is 5.43 Å². The lowest BCUT2D eigenvalue weighted by molar-refractivity contribution is -0.162. The highest BCUT2D eigenvalue weighted by atomic mass is 32.2. The van der Waals surface area contributed by atoms with E-state index in [1.54, 1.807) is 12.2 Å². The van der Waals surface area contributed by atoms with E-state index < -0.39 is 12.2 Å². The Hall–Kier alpha value is -1.40. The average Bonchev–Trinajstić information content (AvgIpc) is 2.65. The second-order valence-corrected chi connectivity index (χ2v) is 10.2. The first kappa shape index (κ1) is 25.2. The maximum absolute atomic E-state index is 13.7. The van der Waals surface area contributed by atoms with E-state index in [1.807, 2.05) is 25.2 Å². The molecule has 182 valence electrons. The monoisotopic (exact) mass is 475 g/mol. The number of halogens is 3. The predicted octanol–water partition coefficient (Wildman–Crippen LogP) is 2.60. The number of nitrogens with two attached hydrogens (primary N) is 1. The molecule has 3 rings (SSSR count). The summed E-state index contributed by atoms with van der Waals surface area (Å²) in [7, 11) is 3.32. The van der Waals surface area contributed by atoms with E-state index in [2.05, 4.69) is 34.4 Å². The van der Waals surface area contributed by atoms with Crippen molar-refractivity contribution in [3.8, 4) is 0 Å². The number of hydrogen-bond donors (Lipinski definition) is 3. The minimum Gasteiger partial charge on any atom is -0.365 e. The van der Waals surface area contributed by atoms with Gasteiger partial charge in [-0.2, -0.15) is 13.2 Å². The molecule has 3 aliphatic rings. The van der Waals surface area contributed by atoms with E-state index in [1.165, 1.54) is 18.1 Å². The molecule has 0 spiro atoms. The molecule has 1 saturated heterocycles. The fourth-order valence-electron chi connectivity index (χ4n) is 4.34. The van der Waals surface area contributed by atoms with Gasteiger partial charge in [0.05, 0.1) is 11.2 Å². The number of nitrogens with zero attached hydrogens (tertiary/aromatic N) is 4. The zero-order valence-electron chi connectivity index (χ0n) is 19.5. The van der Waals surface area contributed by atoms with Crippen LogP contribution in [0.3, 0.4) is 0 Å². The largest absolute Gasteiger partial charge is 0.413 e. The molecule has 7 nitrogen and oxygen atoms in total. The topological polar surface area (TPSA) is 63.0 Å². The Bertz CT molecular complexity index is 742. The molecule has 0 aromatic carbocycles. The minimum absolute atomic E-state index is 0.0442. The lowest BCUT2D eigenvalue weighted by Gasteiger charge is -2.48. The number of hydrogen-bond acceptors (Lipinski definition) is 8. The van der Waals surface area contributed by atoms with Crippen molar-refractivity contribution in [3.05, 3.63) is 34.5 Å². The summed E-state index contributed by atoms with van der Waals surface area (Å²) in [6.45, 7) is 8.75. The quantitative estimate of drug-likeness (QED) is 0.574. The third-order valence-electron chi connectivity index (χ3n) is 6.24. The molecule has 1 fully saturated rings. The zero-order valence-corrected chi connectivity index (χ0v) is 20.3. The number of alkyl halides is 3. The Morgan fingerprint density at radius 3 is 2.50 bits per heavy atom. The molecule has 0 saturated carbocycles. The Morgan fingerprint density at radius 2 is 1.91 bits per heavy atom. The molecule has 0 bridgehead atoms. The molecule has 3 atom stereocenters. The van der Waals surface area contributed by atoms with E-state index in [-0.39, 0.29) is 22.9 Å². The molecule has 0 aromatic rings. The fourth-order valence-corrected chi connectivity index (χ4v) is 5.59. The van der Waals surface area contributed by atoms with Crippen LogP contribution in [-0.4, -0.2) is 83.7 Å². The molecule has 0 radical (unpaired) electrons. The van der Waals surface area contributed by atoms with Crippen LogP contribution in [0.5, 0.6) is 0 Å². The second-order valence-electron chi connectivity index (χ2n) is 9.07. The third kappa shape index (κ3) is 5.93. The Labute approximate surface area is 193 Å². The van der Waals surface area contributed by atoms with Gasteiger partial charge in [-0.05, 0) is 45.0 Å². The SMILES string of the molecule is CCN1C(C)N/C(SC2=CC=CN(C)C2C(F)(F)F)=C\N(C)NC1N1CCC(C)(N)CC1. The number of hydrazine groups is 1. The maximum atomic E-state index is 13.7. The Morgan fingerprint density at radius 1 is 1.25 bits per heavy atom. The molecule has 0 aromatic heterocycles. The van der Waals surface area contributed by atoms with E-state index in [0.29, 0.717) is 5.03 Å². The van der Waals surface area contributed by atoms with Gasteiger partial charge >= 0.3 is 6.18 Å². The van der Waals surface area contributed by atoms with Crippen LogP contribution in [0.25, 0.3) is 0 Å². The summed E-state index contributed by atoms with van der Waals surface area (Å²) < 4.78 is 41.1. The van der Waals surface area contributed by atoms with Crippen molar-refractivity contribution >= 4 is 11.8 Å². The number of thioether (sulfide) groups is 1. The van der Waals surface area contributed by atoms with Gasteiger partial charge in [-0.15, -0.1) is 0 Å². The fraction of sp³-hybridized carbons (Fsp3) is 0.714. The highest BCUT2D eigenvalue weighted by Gasteiger charge is 2.45. The Balaban J connectivity index is 1.79. The summed E-state index contributed by atoms with van der Waals surface area (Å²) in [5, 5.41) is 5.92. The van der Waals surface area contributed by atoms with Crippen LogP contribution in [0.4, 0.5) is 13.2 Å². The van der Waals surface area contributed by atoms with Gasteiger partial charge in [0.1, 0.15) is 6.29 Å². The Kier molecular flexibility index (Phi) is 7.76. The summed E-state index contributed by atoms with van der Waals surface area (Å²) in [6, 6.07) is -1.66. The smallest absolute Gasteiger partial charge is 0.365 e. The molecule has 0 amide bonds. The molecule has 11 heteroatoms. The van der Waals surface area contributed by atoms with E-state index >= 15 is 0 Å². The summed E-state index contributed by atoms with van der Waals surface area (Å²) in [6.07, 6.45) is 3.81. The zero-order chi connectivity index (χ0) is 23.7. The van der Waals surface area contributed by atoms with Crippen LogP contribution in [0.1, 0.15) is 33.6 Å². The van der Waals surface area contributed by atoms with Crippen molar-refractivity contribution < 1.29 is 13.2 Å². The van der Waals surface area contributed by atoms with Crippen molar-refractivity contribution in [3.63, 3.8) is 0 Å². The van der Waals surface area contributed by atoms with E-state index in [0.717, 1.165) is 44.2 Å². The molecule has 3 heterocycles. The van der Waals surface area contributed by atoms with E-state index in [4.69, 9.17) is 5.73 Å². The van der Waals surface area contributed by atoms with Gasteiger partial charge in [0, 0.05) is 50.4 Å². The van der Waals surface area contributed by atoms with Crippen molar-refractivity contribution in [2.45, 2.75) is 63.8 Å². The van der Waals surface area contributed by atoms with Crippen LogP contribution in [0, 0.1) is 0 Å². The van der Waals surface area contributed by atoms with Gasteiger partial charge in [0.25, 0.3) is 0 Å². The lowest BCUT2D eigenvalue weighted by Crippen LogP contribution is -2.67. The summed E-state index contributed by atoms with van der Waals surface area (Å²) in [4.78, 5) is 6.08. The van der Waals surface area contributed by atoms with Crippen molar-refractivity contribution in [2.24, 2.45) is 5.73 Å². The standard InChI is InChI=1S/C21H36F3N7S/c1-6-31-15(2)26-17(32-16-8-7-11-28(4)18(16)21(22,23)24)14-29(5)27-19(31)30-12-9-20(3,25)10-13-30/h7-8,11,14-15,18-19,26-27H,6,9-10,12-13,25H2,1-5H3/b17-14+. The highest BCUT2D eigenvalue weighted by Crippen LogP contribution is 2.39. The molecule has 0 aliphatic carbocycles. The summed E-state index contributed by atoms with van der Waals surface area (Å²) >= 11 is 1.12. The number of likely N-dealkylation sites (N-methyl/N-ethyl adjacent to an activating group) is 1. The highest BCUT2D eigenvalue weighted by molar-refractivity contribution is 8.06. The number of nitrogens with one attached hydrogen (secondary N) is 2. The van der Waals surface area contributed by atoms with Crippen LogP contribution in [0.15, 0.2) is 34.5 Å². The van der Waals surface area contributed by atoms with Gasteiger partial charge in [0.2, 0.25) is 0 Å². The van der Waals surface area contributed by atoms with Crippen LogP contribution in [0.2, 0.25) is 0 Å². The molecule has 4 N–H and O–H groups in total. The predicted molar refractivity (Wildman–Crippen MR) is 124 cm³/mol. The van der Waals surface area contributed by atoms with Crippen molar-refractivity contribution in [1.82, 2.24) is 30.5 Å². The third-order valence-corrected chi connectivity index (χ3v) is 7.28. The lowest BCUT2D eigenvalue weighted by atomic mass is 9.91. The molecule has 3 unspecified atom stereocenters. The second kappa shape index (κ2) is 9.84. The summed E-state index contributed by atoms with van der Waals surface area (Å²) in [5.41, 5.74) is 9.69. The average molecular weight is 476 g/mol. The number of rotatable bonds is 4. The molecule has 32 heavy (non-hydrogen) atoms.